The quantitative estimate of drug-likeness (QED) is 0.830. The number of ketones is 1. The summed E-state index contributed by atoms with van der Waals surface area (Å²) >= 11 is 0. The van der Waals surface area contributed by atoms with Crippen molar-refractivity contribution in [2.24, 2.45) is 5.73 Å². The minimum atomic E-state index is -0.587. The van der Waals surface area contributed by atoms with Crippen LogP contribution in [0.1, 0.15) is 35.8 Å². The zero-order valence-electron chi connectivity index (χ0n) is 15.6. The molecular weight excluding hydrogens is 354 g/mol. The van der Waals surface area contributed by atoms with Crippen molar-refractivity contribution in [3.05, 3.63) is 94.6 Å². The van der Waals surface area contributed by atoms with Crippen LogP contribution in [0.5, 0.6) is 0 Å². The third-order valence-electron chi connectivity index (χ3n) is 5.35. The normalized spacial score (nSPS) is 21.8. The van der Waals surface area contributed by atoms with Gasteiger partial charge in [-0.1, -0.05) is 60.7 Å². The first-order valence-corrected chi connectivity index (χ1v) is 9.22. The number of Topliss-reactive ketones (excluding diaryl/α,β-unsaturated/α-hetero) is 1. The number of methoxy groups -OCH3 is 1. The van der Waals surface area contributed by atoms with E-state index in [1.54, 1.807) is 0 Å². The first-order chi connectivity index (χ1) is 13.6. The number of nitrogens with two attached hydrogens (primary N) is 1. The van der Waals surface area contributed by atoms with Gasteiger partial charge in [-0.3, -0.25) is 4.79 Å². The van der Waals surface area contributed by atoms with Crippen molar-refractivity contribution in [3.63, 3.8) is 0 Å². The topological polar surface area (TPSA) is 78.6 Å². The van der Waals surface area contributed by atoms with Crippen LogP contribution in [-0.2, 0) is 19.1 Å². The Morgan fingerprint density at radius 1 is 1.00 bits per heavy atom. The zero-order valence-corrected chi connectivity index (χ0v) is 15.6. The molecule has 28 heavy (non-hydrogen) atoms. The molecule has 4 rings (SSSR count). The van der Waals surface area contributed by atoms with Gasteiger partial charge in [-0.15, -0.1) is 0 Å². The minimum absolute atomic E-state index is 0.000893. The van der Waals surface area contributed by atoms with Crippen LogP contribution < -0.4 is 5.73 Å². The Morgan fingerprint density at radius 3 is 2.21 bits per heavy atom. The van der Waals surface area contributed by atoms with Gasteiger partial charge in [-0.2, -0.15) is 0 Å². The monoisotopic (exact) mass is 375 g/mol. The molecule has 2 unspecified atom stereocenters. The maximum absolute atomic E-state index is 13.2. The van der Waals surface area contributed by atoms with E-state index in [1.807, 2.05) is 60.7 Å². The van der Waals surface area contributed by atoms with E-state index >= 15 is 0 Å². The fraction of sp³-hybridized carbons (Fsp3) is 0.217. The molecule has 0 amide bonds. The van der Waals surface area contributed by atoms with Crippen LogP contribution in [0.25, 0.3) is 0 Å². The highest BCUT2D eigenvalue weighted by atomic mass is 16.5. The molecular formula is C23H21NO4. The molecule has 1 aliphatic carbocycles. The number of hydrogen-bond donors (Lipinski definition) is 1. The van der Waals surface area contributed by atoms with Crippen molar-refractivity contribution in [3.8, 4) is 0 Å². The predicted molar refractivity (Wildman–Crippen MR) is 104 cm³/mol. The third-order valence-corrected chi connectivity index (χ3v) is 5.35. The summed E-state index contributed by atoms with van der Waals surface area (Å²) in [5, 5.41) is 0. The minimum Gasteiger partial charge on any atom is -0.465 e. The van der Waals surface area contributed by atoms with Gasteiger partial charge in [0, 0.05) is 18.4 Å². The molecule has 0 fully saturated rings. The predicted octanol–water partition coefficient (Wildman–Crippen LogP) is 3.54. The Hall–Kier alpha value is -3.34. The Kier molecular flexibility index (Phi) is 4.74. The van der Waals surface area contributed by atoms with Crippen LogP contribution in [-0.4, -0.2) is 18.9 Å². The second-order valence-electron chi connectivity index (χ2n) is 6.99. The summed E-state index contributed by atoms with van der Waals surface area (Å²) in [5.74, 6) is -0.628. The van der Waals surface area contributed by atoms with E-state index in [-0.39, 0.29) is 23.2 Å². The Bertz CT molecular complexity index is 976. The lowest BCUT2D eigenvalue weighted by Gasteiger charge is -2.35. The Labute approximate surface area is 163 Å². The van der Waals surface area contributed by atoms with Crippen LogP contribution in [0.3, 0.4) is 0 Å². The van der Waals surface area contributed by atoms with E-state index < -0.39 is 11.9 Å². The van der Waals surface area contributed by atoms with E-state index in [4.69, 9.17) is 15.2 Å². The molecule has 0 saturated heterocycles. The lowest BCUT2D eigenvalue weighted by molar-refractivity contribution is -0.136. The van der Waals surface area contributed by atoms with Gasteiger partial charge < -0.3 is 15.2 Å². The lowest BCUT2D eigenvalue weighted by atomic mass is 9.73. The molecule has 0 radical (unpaired) electrons. The van der Waals surface area contributed by atoms with Crippen molar-refractivity contribution in [2.75, 3.05) is 7.11 Å². The number of allylic oxidation sites excluding steroid dienone is 2. The van der Waals surface area contributed by atoms with Gasteiger partial charge in [-0.05, 0) is 17.0 Å². The number of benzene rings is 2. The number of rotatable bonds is 3. The summed E-state index contributed by atoms with van der Waals surface area (Å²) in [6.45, 7) is 0. The van der Waals surface area contributed by atoms with Crippen LogP contribution in [0.15, 0.2) is 83.5 Å². The fourth-order valence-electron chi connectivity index (χ4n) is 4.06. The molecule has 0 saturated carbocycles. The summed E-state index contributed by atoms with van der Waals surface area (Å²) in [5.41, 5.74) is 8.72. The molecule has 0 spiro atoms. The molecule has 2 N–H and O–H groups in total. The molecule has 2 aromatic carbocycles. The fourth-order valence-corrected chi connectivity index (χ4v) is 4.06. The van der Waals surface area contributed by atoms with E-state index in [1.165, 1.54) is 7.11 Å². The number of carbonyl (C=O) groups is 2. The van der Waals surface area contributed by atoms with Crippen LogP contribution in [0, 0.1) is 0 Å². The number of hydrogen-bond acceptors (Lipinski definition) is 5. The summed E-state index contributed by atoms with van der Waals surface area (Å²) in [4.78, 5) is 25.7. The zero-order chi connectivity index (χ0) is 19.7. The van der Waals surface area contributed by atoms with Gasteiger partial charge in [0.1, 0.15) is 11.3 Å². The number of ether oxygens (including phenoxy) is 2. The largest absolute Gasteiger partial charge is 0.465 e. The summed E-state index contributed by atoms with van der Waals surface area (Å²) < 4.78 is 10.7. The van der Waals surface area contributed by atoms with Crippen LogP contribution in [0.4, 0.5) is 0 Å². The number of carbonyl (C=O) groups excluding carboxylic acids is 2. The first-order valence-electron chi connectivity index (χ1n) is 9.22. The standard InChI is InChI=1S/C23H21NO4/c1-27-23(26)21-19(15-10-6-3-7-11-15)20-17(25)12-16(13-18(20)28-22(21)24)14-8-4-2-5-9-14/h2-11,16,19H,12-13,24H2,1H3. The van der Waals surface area contributed by atoms with E-state index in [0.29, 0.717) is 24.2 Å². The highest BCUT2D eigenvalue weighted by Crippen LogP contribution is 2.47. The Balaban J connectivity index is 1.81. The molecule has 1 aliphatic heterocycles. The van der Waals surface area contributed by atoms with Gasteiger partial charge >= 0.3 is 5.97 Å². The molecule has 2 aromatic rings. The molecule has 2 atom stereocenters. The van der Waals surface area contributed by atoms with Crippen molar-refractivity contribution < 1.29 is 19.1 Å². The van der Waals surface area contributed by atoms with Crippen molar-refractivity contribution in [2.45, 2.75) is 24.7 Å². The summed E-state index contributed by atoms with van der Waals surface area (Å²) in [6.07, 6.45) is 0.924. The number of esters is 1. The lowest BCUT2D eigenvalue weighted by Crippen LogP contribution is -2.32. The average Bonchev–Trinajstić information content (AvgIpc) is 2.73. The van der Waals surface area contributed by atoms with E-state index in [0.717, 1.165) is 11.1 Å². The first kappa shape index (κ1) is 18.0. The van der Waals surface area contributed by atoms with Gasteiger partial charge in [-0.25, -0.2) is 4.79 Å². The maximum Gasteiger partial charge on any atom is 0.340 e. The van der Waals surface area contributed by atoms with Crippen molar-refractivity contribution in [1.82, 2.24) is 0 Å². The second-order valence-corrected chi connectivity index (χ2v) is 6.99. The summed E-state index contributed by atoms with van der Waals surface area (Å²) in [6, 6.07) is 19.3. The molecule has 1 heterocycles. The van der Waals surface area contributed by atoms with Crippen molar-refractivity contribution >= 4 is 11.8 Å². The Morgan fingerprint density at radius 2 is 1.61 bits per heavy atom. The molecule has 5 nitrogen and oxygen atoms in total. The van der Waals surface area contributed by atoms with Crippen LogP contribution >= 0.6 is 0 Å². The molecule has 5 heteroatoms. The van der Waals surface area contributed by atoms with Gasteiger partial charge in [0.25, 0.3) is 0 Å². The molecule has 0 aromatic heterocycles. The second kappa shape index (κ2) is 7.35. The smallest absolute Gasteiger partial charge is 0.340 e. The SMILES string of the molecule is COC(=O)C1=C(N)OC2=C(C(=O)CC(c3ccccc3)C2)C1c1ccccc1. The van der Waals surface area contributed by atoms with Crippen molar-refractivity contribution in [1.29, 1.82) is 0 Å². The molecule has 142 valence electrons. The molecule has 0 bridgehead atoms. The highest BCUT2D eigenvalue weighted by Gasteiger charge is 2.43. The maximum atomic E-state index is 13.2. The van der Waals surface area contributed by atoms with Gasteiger partial charge in [0.15, 0.2) is 5.78 Å². The third kappa shape index (κ3) is 3.09. The van der Waals surface area contributed by atoms with E-state index in [2.05, 4.69) is 0 Å². The molecule has 2 aliphatic rings. The van der Waals surface area contributed by atoms with Gasteiger partial charge in [0.2, 0.25) is 5.88 Å². The van der Waals surface area contributed by atoms with E-state index in [9.17, 15) is 9.59 Å². The summed E-state index contributed by atoms with van der Waals surface area (Å²) in [7, 11) is 1.29. The highest BCUT2D eigenvalue weighted by molar-refractivity contribution is 6.03. The van der Waals surface area contributed by atoms with Crippen LogP contribution in [0.2, 0.25) is 0 Å². The average molecular weight is 375 g/mol. The van der Waals surface area contributed by atoms with Gasteiger partial charge in [0.05, 0.1) is 13.0 Å².